The molecule has 2 fully saturated rings. The minimum Gasteiger partial charge on any atom is -0.378 e. The van der Waals surface area contributed by atoms with Gasteiger partial charge in [-0.25, -0.2) is 0 Å². The summed E-state index contributed by atoms with van der Waals surface area (Å²) in [5.41, 5.74) is 6.71. The van der Waals surface area contributed by atoms with Crippen LogP contribution < -0.4 is 5.73 Å². The van der Waals surface area contributed by atoms with E-state index in [0.717, 1.165) is 32.7 Å². The minimum atomic E-state index is -0.0919. The van der Waals surface area contributed by atoms with E-state index in [1.165, 1.54) is 19.5 Å². The molecule has 1 saturated heterocycles. The summed E-state index contributed by atoms with van der Waals surface area (Å²) in [4.78, 5) is 5.16. The summed E-state index contributed by atoms with van der Waals surface area (Å²) in [7, 11) is 0. The minimum absolute atomic E-state index is 0.0802. The molecule has 0 amide bonds. The van der Waals surface area contributed by atoms with Crippen LogP contribution in [-0.4, -0.2) is 66.8 Å². The molecule has 2 rings (SSSR count). The highest BCUT2D eigenvalue weighted by Crippen LogP contribution is 2.50. The molecule has 1 saturated carbocycles. The van der Waals surface area contributed by atoms with Gasteiger partial charge in [0.2, 0.25) is 0 Å². The first-order valence-electron chi connectivity index (χ1n) is 8.71. The van der Waals surface area contributed by atoms with Crippen molar-refractivity contribution in [2.45, 2.75) is 65.1 Å². The molecule has 21 heavy (non-hydrogen) atoms. The predicted octanol–water partition coefficient (Wildman–Crippen LogP) is 1.94. The predicted molar refractivity (Wildman–Crippen MR) is 88.5 cm³/mol. The van der Waals surface area contributed by atoms with Crippen molar-refractivity contribution in [1.29, 1.82) is 0 Å². The van der Waals surface area contributed by atoms with Gasteiger partial charge in [0, 0.05) is 56.3 Å². The summed E-state index contributed by atoms with van der Waals surface area (Å²) in [6.07, 6.45) is 2.57. The SMILES string of the molecule is CCOC1CC(N)(CN2CCN(C(C)CC)CC2)C1(C)C. The largest absolute Gasteiger partial charge is 0.378 e. The van der Waals surface area contributed by atoms with Crippen LogP contribution in [0.25, 0.3) is 0 Å². The van der Waals surface area contributed by atoms with Crippen molar-refractivity contribution in [2.75, 3.05) is 39.3 Å². The first-order valence-corrected chi connectivity index (χ1v) is 8.71. The van der Waals surface area contributed by atoms with Crippen LogP contribution in [0, 0.1) is 5.41 Å². The maximum atomic E-state index is 6.72. The fraction of sp³-hybridized carbons (Fsp3) is 1.00. The smallest absolute Gasteiger partial charge is 0.0662 e. The van der Waals surface area contributed by atoms with E-state index in [9.17, 15) is 0 Å². The van der Waals surface area contributed by atoms with Gasteiger partial charge in [0.25, 0.3) is 0 Å². The zero-order valence-corrected chi connectivity index (χ0v) is 14.7. The number of rotatable bonds is 6. The van der Waals surface area contributed by atoms with Crippen molar-refractivity contribution in [1.82, 2.24) is 9.80 Å². The number of nitrogens with two attached hydrogens (primary N) is 1. The van der Waals surface area contributed by atoms with E-state index < -0.39 is 0 Å². The maximum Gasteiger partial charge on any atom is 0.0662 e. The summed E-state index contributed by atoms with van der Waals surface area (Å²) >= 11 is 0. The fourth-order valence-electron chi connectivity index (χ4n) is 3.79. The molecule has 0 aromatic carbocycles. The third-order valence-electron chi connectivity index (χ3n) is 6.13. The van der Waals surface area contributed by atoms with E-state index in [0.29, 0.717) is 12.1 Å². The summed E-state index contributed by atoms with van der Waals surface area (Å²) in [5.74, 6) is 0. The molecule has 1 aliphatic heterocycles. The second kappa shape index (κ2) is 6.53. The van der Waals surface area contributed by atoms with Gasteiger partial charge in [-0.3, -0.25) is 9.80 Å². The lowest BCUT2D eigenvalue weighted by atomic mass is 9.54. The Labute approximate surface area is 131 Å². The summed E-state index contributed by atoms with van der Waals surface area (Å²) in [5, 5.41) is 0. The van der Waals surface area contributed by atoms with Crippen molar-refractivity contribution in [3.63, 3.8) is 0 Å². The van der Waals surface area contributed by atoms with Gasteiger partial charge in [0.05, 0.1) is 6.10 Å². The molecule has 4 heteroatoms. The molecule has 2 aliphatic rings. The molecule has 0 radical (unpaired) electrons. The van der Waals surface area contributed by atoms with Crippen LogP contribution in [0.1, 0.15) is 47.5 Å². The molecule has 0 aromatic rings. The van der Waals surface area contributed by atoms with Gasteiger partial charge in [0.1, 0.15) is 0 Å². The van der Waals surface area contributed by atoms with E-state index >= 15 is 0 Å². The molecule has 1 aliphatic carbocycles. The van der Waals surface area contributed by atoms with Crippen molar-refractivity contribution in [3.05, 3.63) is 0 Å². The third kappa shape index (κ3) is 3.29. The van der Waals surface area contributed by atoms with Crippen molar-refractivity contribution in [3.8, 4) is 0 Å². The van der Waals surface area contributed by atoms with Crippen LogP contribution in [0.15, 0.2) is 0 Å². The molecule has 4 nitrogen and oxygen atoms in total. The van der Waals surface area contributed by atoms with E-state index in [-0.39, 0.29) is 11.0 Å². The summed E-state index contributed by atoms with van der Waals surface area (Å²) < 4.78 is 5.83. The number of nitrogens with zero attached hydrogens (tertiary/aromatic N) is 2. The lowest BCUT2D eigenvalue weighted by Gasteiger charge is -2.60. The second-order valence-electron chi connectivity index (χ2n) is 7.60. The maximum absolute atomic E-state index is 6.72. The molecule has 1 heterocycles. The number of ether oxygens (including phenoxy) is 1. The molecule has 3 atom stereocenters. The van der Waals surface area contributed by atoms with Crippen molar-refractivity contribution >= 4 is 0 Å². The Morgan fingerprint density at radius 1 is 1.19 bits per heavy atom. The molecule has 124 valence electrons. The standard InChI is InChI=1S/C17H35N3O/c1-6-14(3)20-10-8-19(9-11-20)13-17(18)12-15(21-7-2)16(17,4)5/h14-15H,6-13,18H2,1-5H3. The Morgan fingerprint density at radius 3 is 2.29 bits per heavy atom. The molecule has 2 N–H and O–H groups in total. The molecule has 0 spiro atoms. The van der Waals surface area contributed by atoms with E-state index in [1.54, 1.807) is 0 Å². The Morgan fingerprint density at radius 2 is 1.81 bits per heavy atom. The number of piperazine rings is 1. The second-order valence-corrected chi connectivity index (χ2v) is 7.60. The molecular formula is C17H35N3O. The molecule has 0 bridgehead atoms. The summed E-state index contributed by atoms with van der Waals surface area (Å²) in [6, 6.07) is 0.710. The highest BCUT2D eigenvalue weighted by molar-refractivity contribution is 5.15. The van der Waals surface area contributed by atoms with Gasteiger partial charge in [0.15, 0.2) is 0 Å². The van der Waals surface area contributed by atoms with Gasteiger partial charge >= 0.3 is 0 Å². The van der Waals surface area contributed by atoms with Gasteiger partial charge in [-0.15, -0.1) is 0 Å². The first-order chi connectivity index (χ1) is 9.84. The molecular weight excluding hydrogens is 262 g/mol. The average molecular weight is 297 g/mol. The highest BCUT2D eigenvalue weighted by atomic mass is 16.5. The zero-order chi connectivity index (χ0) is 15.7. The monoisotopic (exact) mass is 297 g/mol. The van der Waals surface area contributed by atoms with Crippen LogP contribution in [-0.2, 0) is 4.74 Å². The molecule has 0 aromatic heterocycles. The van der Waals surface area contributed by atoms with Crippen LogP contribution >= 0.6 is 0 Å². The van der Waals surface area contributed by atoms with Gasteiger partial charge in [-0.1, -0.05) is 20.8 Å². The van der Waals surface area contributed by atoms with Crippen molar-refractivity contribution < 1.29 is 4.74 Å². The lowest BCUT2D eigenvalue weighted by molar-refractivity contribution is -0.158. The third-order valence-corrected chi connectivity index (χ3v) is 6.13. The Hall–Kier alpha value is -0.160. The fourth-order valence-corrected chi connectivity index (χ4v) is 3.79. The molecule has 3 unspecified atom stereocenters. The van der Waals surface area contributed by atoms with Gasteiger partial charge < -0.3 is 10.5 Å². The Balaban J connectivity index is 1.84. The number of hydrogen-bond donors (Lipinski definition) is 1. The van der Waals surface area contributed by atoms with Crippen LogP contribution in [0.5, 0.6) is 0 Å². The van der Waals surface area contributed by atoms with Crippen LogP contribution in [0.3, 0.4) is 0 Å². The van der Waals surface area contributed by atoms with Gasteiger partial charge in [-0.2, -0.15) is 0 Å². The van der Waals surface area contributed by atoms with E-state index in [2.05, 4.69) is 44.4 Å². The Bertz CT molecular complexity index is 339. The lowest BCUT2D eigenvalue weighted by Crippen LogP contribution is -2.74. The van der Waals surface area contributed by atoms with Gasteiger partial charge in [-0.05, 0) is 26.7 Å². The van der Waals surface area contributed by atoms with E-state index in [1.807, 2.05) is 0 Å². The zero-order valence-electron chi connectivity index (χ0n) is 14.7. The van der Waals surface area contributed by atoms with Crippen LogP contribution in [0.2, 0.25) is 0 Å². The topological polar surface area (TPSA) is 41.7 Å². The highest BCUT2D eigenvalue weighted by Gasteiger charge is 2.58. The number of hydrogen-bond acceptors (Lipinski definition) is 4. The van der Waals surface area contributed by atoms with Crippen molar-refractivity contribution in [2.24, 2.45) is 11.1 Å². The normalized spacial score (nSPS) is 35.4. The Kier molecular flexibility index (Phi) is 5.35. The quantitative estimate of drug-likeness (QED) is 0.813. The van der Waals surface area contributed by atoms with Crippen LogP contribution in [0.4, 0.5) is 0 Å². The van der Waals surface area contributed by atoms with E-state index in [4.69, 9.17) is 10.5 Å². The summed E-state index contributed by atoms with van der Waals surface area (Å²) in [6.45, 7) is 17.7. The first kappa shape index (κ1) is 17.2. The average Bonchev–Trinajstić information content (AvgIpc) is 2.47.